The number of nitrogens with zero attached hydrogens (tertiary/aromatic N) is 5. The summed E-state index contributed by atoms with van der Waals surface area (Å²) in [5.74, 6) is 0.631. The third-order valence-corrected chi connectivity index (χ3v) is 7.35. The van der Waals surface area contributed by atoms with Gasteiger partial charge in [0.15, 0.2) is 11.5 Å². The maximum Gasteiger partial charge on any atom is 0.295 e. The van der Waals surface area contributed by atoms with Crippen molar-refractivity contribution in [1.82, 2.24) is 24.8 Å². The first-order valence-corrected chi connectivity index (χ1v) is 12.7. The quantitative estimate of drug-likeness (QED) is 0.618. The molecule has 0 bridgehead atoms. The van der Waals surface area contributed by atoms with E-state index in [-0.39, 0.29) is 17.4 Å². The summed E-state index contributed by atoms with van der Waals surface area (Å²) in [7, 11) is 2.22. The van der Waals surface area contributed by atoms with E-state index in [1.165, 1.54) is 32.1 Å². The summed E-state index contributed by atoms with van der Waals surface area (Å²) in [6, 6.07) is 4.45. The predicted molar refractivity (Wildman–Crippen MR) is 132 cm³/mol. The number of hydrogen-bond donors (Lipinski definition) is 1. The molecule has 0 radical (unpaired) electrons. The Balaban J connectivity index is 1.26. The number of carbonyl (C=O) groups is 1. The van der Waals surface area contributed by atoms with E-state index in [2.05, 4.69) is 27.2 Å². The van der Waals surface area contributed by atoms with Gasteiger partial charge in [-0.25, -0.2) is 9.97 Å². The molecule has 33 heavy (non-hydrogen) atoms. The Hall–Kier alpha value is -2.48. The van der Waals surface area contributed by atoms with Crippen molar-refractivity contribution in [2.45, 2.75) is 70.9 Å². The molecule has 1 amide bonds. The third-order valence-electron chi connectivity index (χ3n) is 7.35. The first kappa shape index (κ1) is 23.7. The molecule has 0 aromatic carbocycles. The first-order valence-electron chi connectivity index (χ1n) is 12.7. The van der Waals surface area contributed by atoms with Crippen molar-refractivity contribution in [3.63, 3.8) is 0 Å². The Morgan fingerprint density at radius 1 is 1.18 bits per heavy atom. The molecule has 180 valence electrons. The van der Waals surface area contributed by atoms with Crippen LogP contribution in [0.15, 0.2) is 23.1 Å². The summed E-state index contributed by atoms with van der Waals surface area (Å²) in [6.07, 6.45) is 10.9. The fraction of sp³-hybridized carbons (Fsp3) is 0.680. The van der Waals surface area contributed by atoms with Crippen LogP contribution in [0.4, 0.5) is 5.82 Å². The molecule has 8 nitrogen and oxygen atoms in total. The highest BCUT2D eigenvalue weighted by atomic mass is 16.2. The number of rotatable bonds is 8. The molecule has 0 unspecified atom stereocenters. The van der Waals surface area contributed by atoms with Crippen molar-refractivity contribution in [1.29, 1.82) is 0 Å². The van der Waals surface area contributed by atoms with Crippen molar-refractivity contribution in [3.05, 3.63) is 28.7 Å². The van der Waals surface area contributed by atoms with Crippen LogP contribution in [0.2, 0.25) is 0 Å². The smallest absolute Gasteiger partial charge is 0.295 e. The van der Waals surface area contributed by atoms with E-state index < -0.39 is 0 Å². The average molecular weight is 455 g/mol. The van der Waals surface area contributed by atoms with Gasteiger partial charge in [0.1, 0.15) is 5.52 Å². The second-order valence-corrected chi connectivity index (χ2v) is 9.51. The van der Waals surface area contributed by atoms with Gasteiger partial charge in [-0.3, -0.25) is 14.2 Å². The minimum absolute atomic E-state index is 0.00727. The zero-order valence-corrected chi connectivity index (χ0v) is 20.1. The van der Waals surface area contributed by atoms with Crippen LogP contribution < -0.4 is 15.8 Å². The Kier molecular flexibility index (Phi) is 7.96. The number of carbonyl (C=O) groups excluding carboxylic acids is 1. The van der Waals surface area contributed by atoms with Crippen molar-refractivity contribution in [2.75, 3.05) is 38.1 Å². The summed E-state index contributed by atoms with van der Waals surface area (Å²) in [5.41, 5.74) is 1.25. The SMILES string of the molecule is CCn1c(=O)c(N2CCC(C(=O)NCCCN(C)C3CCCCC3)CC2)nc2cccnc21. The lowest BCUT2D eigenvalue weighted by molar-refractivity contribution is -0.125. The minimum atomic E-state index is -0.103. The van der Waals surface area contributed by atoms with Crippen LogP contribution in [0, 0.1) is 5.92 Å². The maximum atomic E-state index is 13.0. The monoisotopic (exact) mass is 454 g/mol. The van der Waals surface area contributed by atoms with Crippen LogP contribution in [0.1, 0.15) is 58.3 Å². The van der Waals surface area contributed by atoms with Gasteiger partial charge in [-0.05, 0) is 64.8 Å². The van der Waals surface area contributed by atoms with Crippen molar-refractivity contribution in [3.8, 4) is 0 Å². The molecule has 8 heteroatoms. The zero-order chi connectivity index (χ0) is 23.2. The lowest BCUT2D eigenvalue weighted by atomic mass is 9.94. The molecule has 0 spiro atoms. The fourth-order valence-corrected chi connectivity index (χ4v) is 5.30. The van der Waals surface area contributed by atoms with Gasteiger partial charge < -0.3 is 15.1 Å². The topological polar surface area (TPSA) is 83.4 Å². The standard InChI is InChI=1S/C25H38N6O2/c1-3-31-22-21(11-7-14-26-22)28-23(25(31)33)30-17-12-19(13-18-30)24(32)27-15-8-16-29(2)20-9-5-4-6-10-20/h7,11,14,19-20H,3-6,8-10,12-13,15-18H2,1-2H3,(H,27,32). The number of aryl methyl sites for hydroxylation is 1. The molecule has 2 fully saturated rings. The Bertz CT molecular complexity index is 992. The zero-order valence-electron chi connectivity index (χ0n) is 20.1. The van der Waals surface area contributed by atoms with Gasteiger partial charge in [-0.15, -0.1) is 0 Å². The van der Waals surface area contributed by atoms with Gasteiger partial charge in [-0.1, -0.05) is 19.3 Å². The highest BCUT2D eigenvalue weighted by Crippen LogP contribution is 2.23. The van der Waals surface area contributed by atoms with Gasteiger partial charge >= 0.3 is 0 Å². The van der Waals surface area contributed by atoms with Gasteiger partial charge in [0, 0.05) is 44.3 Å². The molecule has 2 aromatic heterocycles. The number of piperidine rings is 1. The van der Waals surface area contributed by atoms with Gasteiger partial charge in [0.25, 0.3) is 5.56 Å². The van der Waals surface area contributed by atoms with Crippen LogP contribution >= 0.6 is 0 Å². The summed E-state index contributed by atoms with van der Waals surface area (Å²) in [5, 5.41) is 3.15. The molecule has 1 aliphatic heterocycles. The molecule has 2 aliphatic rings. The van der Waals surface area contributed by atoms with Crippen LogP contribution in [-0.2, 0) is 11.3 Å². The molecular weight excluding hydrogens is 416 g/mol. The first-order chi connectivity index (χ1) is 16.1. The number of amides is 1. The van der Waals surface area contributed by atoms with Crippen LogP contribution in [0.25, 0.3) is 11.2 Å². The molecule has 1 aliphatic carbocycles. The average Bonchev–Trinajstić information content (AvgIpc) is 2.86. The number of pyridine rings is 1. The maximum absolute atomic E-state index is 13.0. The van der Waals surface area contributed by atoms with E-state index in [0.717, 1.165) is 43.9 Å². The fourth-order valence-electron chi connectivity index (χ4n) is 5.30. The molecule has 4 rings (SSSR count). The number of fused-ring (bicyclic) bond motifs is 1. The Morgan fingerprint density at radius 2 is 1.94 bits per heavy atom. The van der Waals surface area contributed by atoms with E-state index >= 15 is 0 Å². The van der Waals surface area contributed by atoms with Crippen LogP contribution in [-0.4, -0.2) is 64.6 Å². The number of nitrogens with one attached hydrogen (secondary N) is 1. The number of anilines is 1. The van der Waals surface area contributed by atoms with Crippen molar-refractivity contribution >= 4 is 22.9 Å². The van der Waals surface area contributed by atoms with Crippen LogP contribution in [0.5, 0.6) is 0 Å². The largest absolute Gasteiger partial charge is 0.356 e. The lowest BCUT2D eigenvalue weighted by Crippen LogP contribution is -2.43. The van der Waals surface area contributed by atoms with Gasteiger partial charge in [0.05, 0.1) is 0 Å². The number of hydrogen-bond acceptors (Lipinski definition) is 6. The van der Waals surface area contributed by atoms with Gasteiger partial charge in [-0.2, -0.15) is 0 Å². The molecule has 2 aromatic rings. The second kappa shape index (κ2) is 11.1. The second-order valence-electron chi connectivity index (χ2n) is 9.51. The van der Waals surface area contributed by atoms with E-state index in [9.17, 15) is 9.59 Å². The number of aromatic nitrogens is 3. The predicted octanol–water partition coefficient (Wildman–Crippen LogP) is 2.80. The van der Waals surface area contributed by atoms with Crippen LogP contribution in [0.3, 0.4) is 0 Å². The molecule has 1 N–H and O–H groups in total. The molecule has 3 heterocycles. The van der Waals surface area contributed by atoms with E-state index in [1.54, 1.807) is 10.8 Å². The molecule has 1 saturated carbocycles. The Morgan fingerprint density at radius 3 is 2.67 bits per heavy atom. The van der Waals surface area contributed by atoms with Crippen molar-refractivity contribution < 1.29 is 4.79 Å². The lowest BCUT2D eigenvalue weighted by Gasteiger charge is -2.32. The van der Waals surface area contributed by atoms with Gasteiger partial charge in [0.2, 0.25) is 5.91 Å². The van der Waals surface area contributed by atoms with E-state index in [4.69, 9.17) is 0 Å². The summed E-state index contributed by atoms with van der Waals surface area (Å²) in [6.45, 7) is 5.60. The van der Waals surface area contributed by atoms with Crippen molar-refractivity contribution in [2.24, 2.45) is 5.92 Å². The van der Waals surface area contributed by atoms with E-state index in [1.807, 2.05) is 24.0 Å². The molecule has 0 atom stereocenters. The highest BCUT2D eigenvalue weighted by molar-refractivity contribution is 5.79. The highest BCUT2D eigenvalue weighted by Gasteiger charge is 2.27. The van der Waals surface area contributed by atoms with E-state index in [0.29, 0.717) is 31.1 Å². The minimum Gasteiger partial charge on any atom is -0.356 e. The Labute approximate surface area is 196 Å². The summed E-state index contributed by atoms with van der Waals surface area (Å²) < 4.78 is 1.68. The third kappa shape index (κ3) is 5.54. The summed E-state index contributed by atoms with van der Waals surface area (Å²) in [4.78, 5) is 39.2. The summed E-state index contributed by atoms with van der Waals surface area (Å²) >= 11 is 0. The normalized spacial score (nSPS) is 18.2. The molecular formula is C25H38N6O2. The molecule has 1 saturated heterocycles.